The van der Waals surface area contributed by atoms with Gasteiger partial charge in [0, 0.05) is 12.6 Å². The normalized spacial score (nSPS) is 12.2. The van der Waals surface area contributed by atoms with Crippen LogP contribution < -0.4 is 22.1 Å². The molecule has 0 aliphatic heterocycles. The number of nitrogen functional groups attached to an aromatic ring is 2. The molecule has 9 heteroatoms. The summed E-state index contributed by atoms with van der Waals surface area (Å²) in [5.74, 6) is 0.0998. The summed E-state index contributed by atoms with van der Waals surface area (Å²) in [7, 11) is 1.59. The zero-order valence-electron chi connectivity index (χ0n) is 14.0. The number of hydrogen-bond donors (Lipinski definition) is 4. The number of carbonyl (C=O) groups is 1. The molecule has 9 nitrogen and oxygen atoms in total. The first-order valence-corrected chi connectivity index (χ1v) is 7.54. The van der Waals surface area contributed by atoms with Crippen LogP contribution in [0.4, 0.5) is 11.8 Å². The lowest BCUT2D eigenvalue weighted by Crippen LogP contribution is -2.18. The van der Waals surface area contributed by atoms with Gasteiger partial charge < -0.3 is 22.1 Å². The largest absolute Gasteiger partial charge is 0.385 e. The monoisotopic (exact) mass is 340 g/mol. The molecule has 0 atom stereocenters. The van der Waals surface area contributed by atoms with E-state index in [-0.39, 0.29) is 17.7 Å². The molecule has 0 saturated carbocycles. The van der Waals surface area contributed by atoms with Crippen molar-refractivity contribution in [3.63, 3.8) is 0 Å². The van der Waals surface area contributed by atoms with E-state index in [2.05, 4.69) is 30.6 Å². The number of nitrogens with zero attached hydrogens (tertiary/aromatic N) is 4. The maximum Gasteiger partial charge on any atom is 0.251 e. The average Bonchev–Trinajstić information content (AvgIpc) is 2.60. The van der Waals surface area contributed by atoms with E-state index in [9.17, 15) is 4.79 Å². The van der Waals surface area contributed by atoms with E-state index in [1.54, 1.807) is 43.7 Å². The summed E-state index contributed by atoms with van der Waals surface area (Å²) in [6.07, 6.45) is 10.3. The van der Waals surface area contributed by atoms with E-state index >= 15 is 0 Å². The third-order valence-electron chi connectivity index (χ3n) is 3.11. The molecule has 6 N–H and O–H groups in total. The Bertz CT molecular complexity index is 857. The van der Waals surface area contributed by atoms with E-state index in [0.717, 1.165) is 0 Å². The molecule has 0 saturated heterocycles. The zero-order chi connectivity index (χ0) is 18.2. The molecule has 130 valence electrons. The Kier molecular flexibility index (Phi) is 5.99. The Balaban J connectivity index is 2.04. The Morgan fingerprint density at radius 1 is 1.28 bits per heavy atom. The number of hydrogen-bond acceptors (Lipinski definition) is 8. The summed E-state index contributed by atoms with van der Waals surface area (Å²) in [6, 6.07) is 0. The molecule has 0 unspecified atom stereocenters. The number of carbonyl (C=O) groups excluding carboxylic acids is 1. The molecule has 0 spiro atoms. The lowest BCUT2D eigenvalue weighted by atomic mass is 10.2. The summed E-state index contributed by atoms with van der Waals surface area (Å²) >= 11 is 0. The van der Waals surface area contributed by atoms with Gasteiger partial charge in [0.25, 0.3) is 5.91 Å². The van der Waals surface area contributed by atoms with Crippen LogP contribution in [0.15, 0.2) is 42.3 Å². The van der Waals surface area contributed by atoms with E-state index in [0.29, 0.717) is 29.0 Å². The average molecular weight is 340 g/mol. The lowest BCUT2D eigenvalue weighted by molar-refractivity contribution is -0.116. The van der Waals surface area contributed by atoms with Crippen LogP contribution in [0.25, 0.3) is 11.2 Å². The SMILES string of the molecule is C\C=C/C(=C\C=C\NCc1cnc2nc(N)nc(N)c2n1)C(=O)NC. The fraction of sp³-hybridized carbons (Fsp3) is 0.188. The van der Waals surface area contributed by atoms with Crippen LogP contribution in [-0.2, 0) is 11.3 Å². The fourth-order valence-corrected chi connectivity index (χ4v) is 1.98. The quantitative estimate of drug-likeness (QED) is 0.438. The highest BCUT2D eigenvalue weighted by atomic mass is 16.1. The van der Waals surface area contributed by atoms with Gasteiger partial charge in [-0.25, -0.2) is 9.97 Å². The summed E-state index contributed by atoms with van der Waals surface area (Å²) in [6.45, 7) is 2.27. The van der Waals surface area contributed by atoms with Gasteiger partial charge in [0.15, 0.2) is 17.0 Å². The predicted octanol–water partition coefficient (Wildman–Crippen LogP) is 0.436. The number of aromatic nitrogens is 4. The van der Waals surface area contributed by atoms with E-state index in [4.69, 9.17) is 11.5 Å². The fourth-order valence-electron chi connectivity index (χ4n) is 1.98. The van der Waals surface area contributed by atoms with Crippen LogP contribution in [-0.4, -0.2) is 32.9 Å². The van der Waals surface area contributed by atoms with Crippen LogP contribution in [0, 0.1) is 0 Å². The number of anilines is 2. The molecule has 2 heterocycles. The molecule has 0 fully saturated rings. The van der Waals surface area contributed by atoms with Crippen molar-refractivity contribution in [3.8, 4) is 0 Å². The molecular formula is C16H20N8O. The first-order valence-electron chi connectivity index (χ1n) is 7.54. The number of amides is 1. The maximum atomic E-state index is 11.6. The minimum atomic E-state index is -0.155. The van der Waals surface area contributed by atoms with E-state index in [1.165, 1.54) is 0 Å². The smallest absolute Gasteiger partial charge is 0.251 e. The molecule has 0 radical (unpaired) electrons. The Morgan fingerprint density at radius 3 is 2.80 bits per heavy atom. The molecule has 0 aliphatic carbocycles. The van der Waals surface area contributed by atoms with Gasteiger partial charge in [0.2, 0.25) is 5.95 Å². The van der Waals surface area contributed by atoms with Crippen LogP contribution in [0.1, 0.15) is 12.6 Å². The van der Waals surface area contributed by atoms with Crippen molar-refractivity contribution in [2.75, 3.05) is 18.5 Å². The Labute approximate surface area is 145 Å². The molecule has 2 aromatic rings. The van der Waals surface area contributed by atoms with Crippen molar-refractivity contribution in [1.82, 2.24) is 30.6 Å². The number of nitrogens with one attached hydrogen (secondary N) is 2. The summed E-state index contributed by atoms with van der Waals surface area (Å²) in [5, 5.41) is 5.64. The molecule has 0 bridgehead atoms. The summed E-state index contributed by atoms with van der Waals surface area (Å²) in [5.41, 5.74) is 13.3. The van der Waals surface area contributed by atoms with Crippen molar-refractivity contribution >= 4 is 28.8 Å². The second-order valence-corrected chi connectivity index (χ2v) is 4.94. The van der Waals surface area contributed by atoms with Gasteiger partial charge >= 0.3 is 0 Å². The predicted molar refractivity (Wildman–Crippen MR) is 96.9 cm³/mol. The van der Waals surface area contributed by atoms with Crippen molar-refractivity contribution in [3.05, 3.63) is 48.0 Å². The van der Waals surface area contributed by atoms with Gasteiger partial charge in [0.05, 0.1) is 18.4 Å². The van der Waals surface area contributed by atoms with Crippen molar-refractivity contribution in [2.45, 2.75) is 13.5 Å². The van der Waals surface area contributed by atoms with Gasteiger partial charge in [-0.2, -0.15) is 9.97 Å². The van der Waals surface area contributed by atoms with Crippen molar-refractivity contribution in [2.24, 2.45) is 0 Å². The minimum Gasteiger partial charge on any atom is -0.385 e. The second kappa shape index (κ2) is 8.39. The van der Waals surface area contributed by atoms with E-state index < -0.39 is 0 Å². The summed E-state index contributed by atoms with van der Waals surface area (Å²) < 4.78 is 0. The Hall–Kier alpha value is -3.49. The first-order chi connectivity index (χ1) is 12.0. The minimum absolute atomic E-state index is 0.0629. The molecule has 0 aromatic carbocycles. The van der Waals surface area contributed by atoms with Gasteiger partial charge in [-0.3, -0.25) is 4.79 Å². The molecule has 1 amide bonds. The van der Waals surface area contributed by atoms with Crippen molar-refractivity contribution in [1.29, 1.82) is 0 Å². The van der Waals surface area contributed by atoms with Gasteiger partial charge in [-0.05, 0) is 25.3 Å². The molecule has 2 rings (SSSR count). The van der Waals surface area contributed by atoms with Crippen LogP contribution >= 0.6 is 0 Å². The number of nitrogens with two attached hydrogens (primary N) is 2. The van der Waals surface area contributed by atoms with Crippen LogP contribution in [0.5, 0.6) is 0 Å². The molecule has 25 heavy (non-hydrogen) atoms. The molecule has 0 aliphatic rings. The third-order valence-corrected chi connectivity index (χ3v) is 3.11. The highest BCUT2D eigenvalue weighted by molar-refractivity contribution is 5.96. The van der Waals surface area contributed by atoms with Crippen LogP contribution in [0.2, 0.25) is 0 Å². The number of likely N-dealkylation sites (N-methyl/N-ethyl adjacent to an activating group) is 1. The van der Waals surface area contributed by atoms with E-state index in [1.807, 2.05) is 6.92 Å². The topological polar surface area (TPSA) is 145 Å². The number of allylic oxidation sites excluding steroid dienone is 3. The Morgan fingerprint density at radius 2 is 2.08 bits per heavy atom. The highest BCUT2D eigenvalue weighted by Gasteiger charge is 2.07. The molecule has 2 aromatic heterocycles. The highest BCUT2D eigenvalue weighted by Crippen LogP contribution is 2.14. The zero-order valence-corrected chi connectivity index (χ0v) is 14.0. The number of rotatable bonds is 6. The third kappa shape index (κ3) is 4.74. The first kappa shape index (κ1) is 17.9. The molecular weight excluding hydrogens is 320 g/mol. The van der Waals surface area contributed by atoms with Crippen LogP contribution in [0.3, 0.4) is 0 Å². The van der Waals surface area contributed by atoms with Crippen molar-refractivity contribution < 1.29 is 4.79 Å². The van der Waals surface area contributed by atoms with Gasteiger partial charge in [-0.1, -0.05) is 12.2 Å². The standard InChI is InChI=1S/C16H20N8O/c1-3-5-10(15(25)19-2)6-4-7-20-8-11-9-21-14-12(22-11)13(17)23-16(18)24-14/h3-7,9,20H,8H2,1-2H3,(H,19,25)(H4,17,18,21,23,24)/b5-3-,7-4+,10-6+. The maximum absolute atomic E-state index is 11.6. The summed E-state index contributed by atoms with van der Waals surface area (Å²) in [4.78, 5) is 28.0. The van der Waals surface area contributed by atoms with Gasteiger partial charge in [0.1, 0.15) is 0 Å². The lowest BCUT2D eigenvalue weighted by Gasteiger charge is -2.04. The number of fused-ring (bicyclic) bond motifs is 1. The second-order valence-electron chi connectivity index (χ2n) is 4.94. The van der Waals surface area contributed by atoms with Gasteiger partial charge in [-0.15, -0.1) is 0 Å².